The Morgan fingerprint density at radius 1 is 1.24 bits per heavy atom. The van der Waals surface area contributed by atoms with E-state index in [2.05, 4.69) is 18.2 Å². The molecule has 2 nitrogen and oxygen atoms in total. The van der Waals surface area contributed by atoms with Gasteiger partial charge in [0, 0.05) is 17.8 Å². The Morgan fingerprint density at radius 3 is 3.00 bits per heavy atom. The molecular formula is C15H14O2. The van der Waals surface area contributed by atoms with Gasteiger partial charge in [-0.05, 0) is 30.1 Å². The molecule has 7 bridgehead atoms. The predicted molar refractivity (Wildman–Crippen MR) is 59.7 cm³/mol. The molecule has 7 aliphatic rings. The first-order valence-corrected chi connectivity index (χ1v) is 6.85. The number of carbonyl (C=O) groups is 1. The monoisotopic (exact) mass is 226 g/mol. The molecule has 7 rings (SSSR count). The van der Waals surface area contributed by atoms with Crippen molar-refractivity contribution >= 4 is 5.78 Å². The summed E-state index contributed by atoms with van der Waals surface area (Å²) >= 11 is 0. The Morgan fingerprint density at radius 2 is 2.12 bits per heavy atom. The van der Waals surface area contributed by atoms with Crippen LogP contribution < -0.4 is 0 Å². The van der Waals surface area contributed by atoms with Gasteiger partial charge in [-0.2, -0.15) is 0 Å². The third kappa shape index (κ3) is 0.448. The first-order valence-electron chi connectivity index (χ1n) is 6.85. The summed E-state index contributed by atoms with van der Waals surface area (Å²) in [4.78, 5) is 12.8. The Hall–Kier alpha value is -0.890. The number of aliphatic hydroxyl groups is 1. The van der Waals surface area contributed by atoms with E-state index in [9.17, 15) is 9.90 Å². The average molecular weight is 226 g/mol. The van der Waals surface area contributed by atoms with Crippen LogP contribution >= 0.6 is 0 Å². The summed E-state index contributed by atoms with van der Waals surface area (Å²) in [5.74, 6) is 3.53. The molecular weight excluding hydrogens is 212 g/mol. The summed E-state index contributed by atoms with van der Waals surface area (Å²) in [6, 6.07) is 0. The minimum absolute atomic E-state index is 0.215. The quantitative estimate of drug-likeness (QED) is 0.673. The molecule has 17 heavy (non-hydrogen) atoms. The van der Waals surface area contributed by atoms with Crippen LogP contribution in [0.15, 0.2) is 24.3 Å². The SMILES string of the molecule is O=C1C2C3CC4C5C3C13C=CC=CC5C3(O)C42. The zero-order chi connectivity index (χ0) is 11.2. The van der Waals surface area contributed by atoms with Crippen molar-refractivity contribution in [2.75, 3.05) is 0 Å². The van der Waals surface area contributed by atoms with Gasteiger partial charge in [-0.25, -0.2) is 0 Å². The molecule has 0 aromatic carbocycles. The van der Waals surface area contributed by atoms with Crippen molar-refractivity contribution in [2.45, 2.75) is 12.0 Å². The minimum Gasteiger partial charge on any atom is -0.388 e. The summed E-state index contributed by atoms with van der Waals surface area (Å²) in [5, 5.41) is 11.3. The van der Waals surface area contributed by atoms with Crippen LogP contribution in [0.3, 0.4) is 0 Å². The highest BCUT2D eigenvalue weighted by Gasteiger charge is 2.94. The molecule has 6 saturated carbocycles. The van der Waals surface area contributed by atoms with Crippen LogP contribution in [0.4, 0.5) is 0 Å². The van der Waals surface area contributed by atoms with Gasteiger partial charge >= 0.3 is 0 Å². The van der Waals surface area contributed by atoms with Crippen LogP contribution in [-0.4, -0.2) is 16.5 Å². The molecule has 2 heteroatoms. The largest absolute Gasteiger partial charge is 0.388 e. The van der Waals surface area contributed by atoms with E-state index >= 15 is 0 Å². The Balaban J connectivity index is 1.84. The molecule has 1 N–H and O–H groups in total. The lowest BCUT2D eigenvalue weighted by Crippen LogP contribution is -2.52. The maximum absolute atomic E-state index is 12.8. The molecule has 86 valence electrons. The van der Waals surface area contributed by atoms with E-state index < -0.39 is 11.0 Å². The van der Waals surface area contributed by atoms with Crippen molar-refractivity contribution in [2.24, 2.45) is 46.8 Å². The third-order valence-electron chi connectivity index (χ3n) is 7.34. The van der Waals surface area contributed by atoms with Crippen molar-refractivity contribution in [3.63, 3.8) is 0 Å². The van der Waals surface area contributed by atoms with E-state index in [1.807, 2.05) is 6.08 Å². The maximum Gasteiger partial charge on any atom is 0.149 e. The van der Waals surface area contributed by atoms with Gasteiger partial charge in [0.2, 0.25) is 0 Å². The van der Waals surface area contributed by atoms with Crippen LogP contribution in [0, 0.1) is 46.8 Å². The van der Waals surface area contributed by atoms with Gasteiger partial charge in [0.25, 0.3) is 0 Å². The lowest BCUT2D eigenvalue weighted by atomic mass is 9.61. The number of ketones is 1. The highest BCUT2D eigenvalue weighted by atomic mass is 16.3. The third-order valence-corrected chi connectivity index (χ3v) is 7.34. The summed E-state index contributed by atoms with van der Waals surface area (Å²) in [7, 11) is 0. The molecule has 0 amide bonds. The van der Waals surface area contributed by atoms with Crippen molar-refractivity contribution in [3.8, 4) is 0 Å². The van der Waals surface area contributed by atoms with Crippen molar-refractivity contribution < 1.29 is 9.90 Å². The first-order chi connectivity index (χ1) is 8.23. The molecule has 6 fully saturated rings. The summed E-state index contributed by atoms with van der Waals surface area (Å²) < 4.78 is 0. The molecule has 1 spiro atoms. The Bertz CT molecular complexity index is 561. The van der Waals surface area contributed by atoms with Crippen molar-refractivity contribution in [1.82, 2.24) is 0 Å². The molecule has 0 aromatic rings. The van der Waals surface area contributed by atoms with E-state index in [0.717, 1.165) is 0 Å². The second-order valence-electron chi connectivity index (χ2n) is 7.05. The molecule has 0 aromatic heterocycles. The van der Waals surface area contributed by atoms with Gasteiger partial charge in [-0.3, -0.25) is 4.79 Å². The van der Waals surface area contributed by atoms with Gasteiger partial charge in [0.1, 0.15) is 5.78 Å². The van der Waals surface area contributed by atoms with Gasteiger partial charge < -0.3 is 5.11 Å². The smallest absolute Gasteiger partial charge is 0.149 e. The van der Waals surface area contributed by atoms with E-state index in [4.69, 9.17) is 0 Å². The van der Waals surface area contributed by atoms with Crippen molar-refractivity contribution in [3.05, 3.63) is 24.3 Å². The lowest BCUT2D eigenvalue weighted by Gasteiger charge is -2.44. The van der Waals surface area contributed by atoms with E-state index in [1.165, 1.54) is 6.42 Å². The molecule has 0 heterocycles. The van der Waals surface area contributed by atoms with Crippen molar-refractivity contribution in [1.29, 1.82) is 0 Å². The van der Waals surface area contributed by atoms with E-state index in [-0.39, 0.29) is 11.8 Å². The molecule has 9 unspecified atom stereocenters. The van der Waals surface area contributed by atoms with Crippen LogP contribution in [0.2, 0.25) is 0 Å². The van der Waals surface area contributed by atoms with E-state index in [1.54, 1.807) is 0 Å². The number of hydrogen-bond donors (Lipinski definition) is 1. The Kier molecular flexibility index (Phi) is 0.908. The maximum atomic E-state index is 12.8. The number of hydrogen-bond acceptors (Lipinski definition) is 2. The normalized spacial score (nSPS) is 74.6. The van der Waals surface area contributed by atoms with Gasteiger partial charge in [0.15, 0.2) is 0 Å². The fraction of sp³-hybridized carbons (Fsp3) is 0.667. The molecule has 9 atom stereocenters. The number of rotatable bonds is 0. The second kappa shape index (κ2) is 1.87. The summed E-state index contributed by atoms with van der Waals surface area (Å²) in [6.45, 7) is 0. The first kappa shape index (κ1) is 8.25. The molecule has 0 radical (unpaired) electrons. The fourth-order valence-electron chi connectivity index (χ4n) is 7.51. The van der Waals surface area contributed by atoms with E-state index in [0.29, 0.717) is 35.4 Å². The zero-order valence-corrected chi connectivity index (χ0v) is 9.41. The highest BCUT2D eigenvalue weighted by molar-refractivity contribution is 5.99. The summed E-state index contributed by atoms with van der Waals surface area (Å²) in [5.41, 5.74) is -1.18. The van der Waals surface area contributed by atoms with Crippen LogP contribution in [-0.2, 0) is 4.79 Å². The summed E-state index contributed by atoms with van der Waals surface area (Å²) in [6.07, 6.45) is 9.56. The van der Waals surface area contributed by atoms with Gasteiger partial charge in [0.05, 0.1) is 11.0 Å². The van der Waals surface area contributed by atoms with Gasteiger partial charge in [-0.15, -0.1) is 0 Å². The standard InChI is InChI=1S/C15H14O2/c16-13-10-7-5-6-9-8-3-1-2-4-14(13,11(7)9)15(8,17)12(6)10/h1-4,6-12,17H,5H2. The fourth-order valence-corrected chi connectivity index (χ4v) is 7.51. The predicted octanol–water partition coefficient (Wildman–Crippen LogP) is 1.17. The zero-order valence-electron chi connectivity index (χ0n) is 9.41. The molecule has 7 aliphatic carbocycles. The van der Waals surface area contributed by atoms with Crippen LogP contribution in [0.1, 0.15) is 6.42 Å². The average Bonchev–Trinajstić information content (AvgIpc) is 2.92. The number of allylic oxidation sites excluding steroid dienone is 2. The Labute approximate surface area is 99.4 Å². The van der Waals surface area contributed by atoms with Crippen LogP contribution in [0.5, 0.6) is 0 Å². The molecule has 0 saturated heterocycles. The number of Topliss-reactive ketones (excluding diaryl/α,β-unsaturated/α-hetero) is 1. The van der Waals surface area contributed by atoms with Crippen LogP contribution in [0.25, 0.3) is 0 Å². The highest BCUT2D eigenvalue weighted by Crippen LogP contribution is 2.89. The molecule has 0 aliphatic heterocycles. The van der Waals surface area contributed by atoms with Gasteiger partial charge in [-0.1, -0.05) is 24.3 Å². The number of carbonyl (C=O) groups excluding carboxylic acids is 1. The lowest BCUT2D eigenvalue weighted by molar-refractivity contribution is -0.133. The second-order valence-corrected chi connectivity index (χ2v) is 7.05. The topological polar surface area (TPSA) is 37.3 Å². The minimum atomic E-state index is -0.703.